The molecule has 0 N–H and O–H groups in total. The van der Waals surface area contributed by atoms with Crippen LogP contribution in [0.15, 0.2) is 22.7 Å². The number of esters is 1. The summed E-state index contributed by atoms with van der Waals surface area (Å²) in [4.78, 5) is 11.2. The zero-order valence-corrected chi connectivity index (χ0v) is 11.3. The summed E-state index contributed by atoms with van der Waals surface area (Å²) in [5.74, 6) is -0.254. The molecule has 94 valence electrons. The zero-order chi connectivity index (χ0) is 12.8. The highest BCUT2D eigenvalue weighted by molar-refractivity contribution is 9.10. The number of ether oxygens (including phenoxy) is 2. The first-order chi connectivity index (χ1) is 8.10. The number of hydrogen-bond acceptors (Lipinski definition) is 3. The van der Waals surface area contributed by atoms with Crippen molar-refractivity contribution in [1.29, 1.82) is 0 Å². The highest BCUT2D eigenvalue weighted by Gasteiger charge is 2.21. The molecule has 0 saturated carbocycles. The van der Waals surface area contributed by atoms with Gasteiger partial charge in [-0.15, -0.1) is 0 Å². The Balaban J connectivity index is 2.85. The Bertz CT molecular complexity index is 395. The Morgan fingerprint density at radius 3 is 2.65 bits per heavy atom. The first-order valence-electron chi connectivity index (χ1n) is 5.33. The van der Waals surface area contributed by atoms with Gasteiger partial charge in [0.15, 0.2) is 0 Å². The third kappa shape index (κ3) is 3.70. The minimum Gasteiger partial charge on any atom is -0.493 e. The standard InChI is InChI=1S/C12H14BrFO3/c1-3-16-10-6-5-8(7-9(10)13)11(14)12(15)17-4-2/h5-7,11H,3-4H2,1-2H3. The second-order valence-corrected chi connectivity index (χ2v) is 4.09. The van der Waals surface area contributed by atoms with Gasteiger partial charge in [0.05, 0.1) is 17.7 Å². The minimum atomic E-state index is -1.76. The van der Waals surface area contributed by atoms with Crippen LogP contribution in [0.1, 0.15) is 25.6 Å². The lowest BCUT2D eigenvalue weighted by Crippen LogP contribution is -2.11. The van der Waals surface area contributed by atoms with Crippen molar-refractivity contribution in [3.8, 4) is 5.75 Å². The highest BCUT2D eigenvalue weighted by Crippen LogP contribution is 2.30. The molecule has 0 aromatic heterocycles. The van der Waals surface area contributed by atoms with Crippen LogP contribution in [-0.4, -0.2) is 19.2 Å². The number of carbonyl (C=O) groups is 1. The second kappa shape index (κ2) is 6.59. The maximum atomic E-state index is 13.7. The van der Waals surface area contributed by atoms with Gasteiger partial charge in [0.25, 0.3) is 0 Å². The summed E-state index contributed by atoms with van der Waals surface area (Å²) in [6, 6.07) is 4.65. The number of alkyl halides is 1. The quantitative estimate of drug-likeness (QED) is 0.782. The molecule has 0 spiro atoms. The van der Waals surface area contributed by atoms with Crippen molar-refractivity contribution in [2.75, 3.05) is 13.2 Å². The van der Waals surface area contributed by atoms with E-state index in [0.29, 0.717) is 16.8 Å². The molecule has 0 heterocycles. The van der Waals surface area contributed by atoms with E-state index in [9.17, 15) is 9.18 Å². The Hall–Kier alpha value is -1.10. The zero-order valence-electron chi connectivity index (χ0n) is 9.70. The van der Waals surface area contributed by atoms with Crippen LogP contribution in [0.2, 0.25) is 0 Å². The molecule has 0 bridgehead atoms. The Morgan fingerprint density at radius 1 is 1.41 bits per heavy atom. The van der Waals surface area contributed by atoms with E-state index in [0.717, 1.165) is 0 Å². The van der Waals surface area contributed by atoms with Crippen molar-refractivity contribution >= 4 is 21.9 Å². The van der Waals surface area contributed by atoms with Crippen molar-refractivity contribution in [3.63, 3.8) is 0 Å². The molecule has 17 heavy (non-hydrogen) atoms. The molecule has 0 saturated heterocycles. The summed E-state index contributed by atoms with van der Waals surface area (Å²) in [6.07, 6.45) is -1.76. The number of hydrogen-bond donors (Lipinski definition) is 0. The van der Waals surface area contributed by atoms with Crippen molar-refractivity contribution in [3.05, 3.63) is 28.2 Å². The van der Waals surface area contributed by atoms with Gasteiger partial charge in [0.1, 0.15) is 5.75 Å². The summed E-state index contributed by atoms with van der Waals surface area (Å²) in [5, 5.41) is 0. The minimum absolute atomic E-state index is 0.164. The summed E-state index contributed by atoms with van der Waals surface area (Å²) >= 11 is 3.26. The van der Waals surface area contributed by atoms with Crippen molar-refractivity contribution in [1.82, 2.24) is 0 Å². The van der Waals surface area contributed by atoms with Gasteiger partial charge in [-0.2, -0.15) is 0 Å². The third-order valence-electron chi connectivity index (χ3n) is 2.04. The van der Waals surface area contributed by atoms with E-state index in [1.807, 2.05) is 6.92 Å². The molecule has 5 heteroatoms. The fourth-order valence-electron chi connectivity index (χ4n) is 1.30. The lowest BCUT2D eigenvalue weighted by Gasteiger charge is -2.10. The van der Waals surface area contributed by atoms with Gasteiger partial charge in [0, 0.05) is 0 Å². The van der Waals surface area contributed by atoms with Gasteiger partial charge in [-0.25, -0.2) is 9.18 Å². The maximum absolute atomic E-state index is 13.7. The van der Waals surface area contributed by atoms with Crippen LogP contribution in [0.3, 0.4) is 0 Å². The van der Waals surface area contributed by atoms with E-state index >= 15 is 0 Å². The van der Waals surface area contributed by atoms with Crippen LogP contribution >= 0.6 is 15.9 Å². The van der Waals surface area contributed by atoms with Crippen LogP contribution in [0.4, 0.5) is 4.39 Å². The lowest BCUT2D eigenvalue weighted by molar-refractivity contribution is -0.149. The van der Waals surface area contributed by atoms with Crippen LogP contribution in [0, 0.1) is 0 Å². The first-order valence-corrected chi connectivity index (χ1v) is 6.12. The van der Waals surface area contributed by atoms with E-state index in [4.69, 9.17) is 4.74 Å². The van der Waals surface area contributed by atoms with E-state index in [-0.39, 0.29) is 12.2 Å². The fourth-order valence-corrected chi connectivity index (χ4v) is 1.81. The van der Waals surface area contributed by atoms with E-state index in [1.165, 1.54) is 12.1 Å². The van der Waals surface area contributed by atoms with Crippen LogP contribution in [0.5, 0.6) is 5.75 Å². The molecule has 0 aliphatic carbocycles. The van der Waals surface area contributed by atoms with Crippen molar-refractivity contribution in [2.45, 2.75) is 20.0 Å². The number of halogens is 2. The average molecular weight is 305 g/mol. The normalized spacial score (nSPS) is 12.0. The molecule has 1 aromatic carbocycles. The summed E-state index contributed by atoms with van der Waals surface area (Å²) < 4.78 is 24.2. The molecular weight excluding hydrogens is 291 g/mol. The maximum Gasteiger partial charge on any atom is 0.345 e. The smallest absolute Gasteiger partial charge is 0.345 e. The van der Waals surface area contributed by atoms with Gasteiger partial charge in [0.2, 0.25) is 6.17 Å². The highest BCUT2D eigenvalue weighted by atomic mass is 79.9. The van der Waals surface area contributed by atoms with Gasteiger partial charge < -0.3 is 9.47 Å². The van der Waals surface area contributed by atoms with Crippen LogP contribution in [0.25, 0.3) is 0 Å². The summed E-state index contributed by atoms with van der Waals surface area (Å²) in [5.41, 5.74) is 0.249. The molecule has 0 aliphatic rings. The SMILES string of the molecule is CCOC(=O)C(F)c1ccc(OCC)c(Br)c1. The molecule has 1 atom stereocenters. The largest absolute Gasteiger partial charge is 0.493 e. The number of carbonyl (C=O) groups excluding carboxylic acids is 1. The summed E-state index contributed by atoms with van der Waals surface area (Å²) in [6.45, 7) is 4.18. The third-order valence-corrected chi connectivity index (χ3v) is 2.66. The van der Waals surface area contributed by atoms with Crippen LogP contribution < -0.4 is 4.74 Å². The lowest BCUT2D eigenvalue weighted by atomic mass is 10.1. The molecule has 0 amide bonds. The molecule has 1 rings (SSSR count). The predicted molar refractivity (Wildman–Crippen MR) is 65.8 cm³/mol. The fraction of sp³-hybridized carbons (Fsp3) is 0.417. The summed E-state index contributed by atoms with van der Waals surface area (Å²) in [7, 11) is 0. The Labute approximate surface area is 108 Å². The average Bonchev–Trinajstić information content (AvgIpc) is 2.31. The molecule has 1 unspecified atom stereocenters. The van der Waals surface area contributed by atoms with Crippen molar-refractivity contribution in [2.24, 2.45) is 0 Å². The number of rotatable bonds is 5. The molecule has 1 aromatic rings. The van der Waals surface area contributed by atoms with E-state index in [2.05, 4.69) is 20.7 Å². The van der Waals surface area contributed by atoms with Crippen LogP contribution in [-0.2, 0) is 9.53 Å². The molecule has 0 aliphatic heterocycles. The monoisotopic (exact) mass is 304 g/mol. The van der Waals surface area contributed by atoms with Gasteiger partial charge in [-0.1, -0.05) is 6.07 Å². The second-order valence-electron chi connectivity index (χ2n) is 3.24. The predicted octanol–water partition coefficient (Wildman–Crippen LogP) is 3.42. The topological polar surface area (TPSA) is 35.5 Å². The number of benzene rings is 1. The molecule has 0 radical (unpaired) electrons. The van der Waals surface area contributed by atoms with Gasteiger partial charge in [-0.05, 0) is 47.5 Å². The van der Waals surface area contributed by atoms with E-state index < -0.39 is 12.1 Å². The van der Waals surface area contributed by atoms with Gasteiger partial charge in [-0.3, -0.25) is 0 Å². The Morgan fingerprint density at radius 2 is 2.12 bits per heavy atom. The molecular formula is C12H14BrFO3. The first kappa shape index (κ1) is 14.0. The molecule has 3 nitrogen and oxygen atoms in total. The van der Waals surface area contributed by atoms with Crippen molar-refractivity contribution < 1.29 is 18.7 Å². The molecule has 0 fully saturated rings. The van der Waals surface area contributed by atoms with Gasteiger partial charge >= 0.3 is 5.97 Å². The van der Waals surface area contributed by atoms with E-state index in [1.54, 1.807) is 13.0 Å². The Kier molecular flexibility index (Phi) is 5.41.